The van der Waals surface area contributed by atoms with Crippen LogP contribution < -0.4 is 11.1 Å². The van der Waals surface area contributed by atoms with Gasteiger partial charge in [-0.2, -0.15) is 0 Å². The number of rotatable bonds is 2. The Labute approximate surface area is 113 Å². The summed E-state index contributed by atoms with van der Waals surface area (Å²) >= 11 is 1.89. The van der Waals surface area contributed by atoms with E-state index in [0.29, 0.717) is 9.26 Å². The Morgan fingerprint density at radius 3 is 2.88 bits per heavy atom. The fraction of sp³-hybridized carbons (Fsp3) is 0.417. The lowest BCUT2D eigenvalue weighted by Gasteiger charge is -2.12. The first-order valence-electron chi connectivity index (χ1n) is 5.58. The maximum atomic E-state index is 13.3. The molecule has 2 rings (SSSR count). The predicted molar refractivity (Wildman–Crippen MR) is 73.1 cm³/mol. The molecule has 3 N–H and O–H groups in total. The summed E-state index contributed by atoms with van der Waals surface area (Å²) in [7, 11) is 0. The highest BCUT2D eigenvalue weighted by atomic mass is 127. The number of nitrogens with one attached hydrogen (secondary N) is 1. The monoisotopic (exact) mass is 348 g/mol. The molecule has 1 aromatic carbocycles. The number of hydrogen-bond acceptors (Lipinski definition) is 2. The van der Waals surface area contributed by atoms with Crippen molar-refractivity contribution in [1.82, 2.24) is 0 Å². The van der Waals surface area contributed by atoms with E-state index in [1.54, 1.807) is 12.1 Å². The van der Waals surface area contributed by atoms with Crippen LogP contribution in [0.1, 0.15) is 19.3 Å². The summed E-state index contributed by atoms with van der Waals surface area (Å²) in [6, 6.07) is 4.80. The molecule has 1 saturated carbocycles. The largest absolute Gasteiger partial charge is 0.328 e. The van der Waals surface area contributed by atoms with Gasteiger partial charge in [0, 0.05) is 12.0 Å². The third-order valence-corrected chi connectivity index (χ3v) is 4.15. The van der Waals surface area contributed by atoms with E-state index in [0.717, 1.165) is 19.3 Å². The van der Waals surface area contributed by atoms with Gasteiger partial charge in [0.1, 0.15) is 5.82 Å². The van der Waals surface area contributed by atoms with Crippen LogP contribution in [0.4, 0.5) is 10.1 Å². The van der Waals surface area contributed by atoms with Crippen molar-refractivity contribution < 1.29 is 9.18 Å². The zero-order chi connectivity index (χ0) is 12.4. The standard InChI is InChI=1S/C12H14FIN2O/c13-9-2-1-3-10(11(9)14)16-12(17)7-4-5-8(15)6-7/h1-3,7-8H,4-6,15H2,(H,16,17). The van der Waals surface area contributed by atoms with Crippen molar-refractivity contribution >= 4 is 34.2 Å². The van der Waals surface area contributed by atoms with Gasteiger partial charge >= 0.3 is 0 Å². The maximum absolute atomic E-state index is 13.3. The number of benzene rings is 1. The first-order valence-corrected chi connectivity index (χ1v) is 6.66. The molecule has 17 heavy (non-hydrogen) atoms. The molecule has 0 saturated heterocycles. The van der Waals surface area contributed by atoms with Crippen molar-refractivity contribution in [3.05, 3.63) is 27.6 Å². The zero-order valence-electron chi connectivity index (χ0n) is 9.25. The molecule has 1 aliphatic rings. The Morgan fingerprint density at radius 2 is 2.24 bits per heavy atom. The average molecular weight is 348 g/mol. The quantitative estimate of drug-likeness (QED) is 0.807. The van der Waals surface area contributed by atoms with E-state index in [1.165, 1.54) is 6.07 Å². The average Bonchev–Trinajstić information content (AvgIpc) is 2.72. The third-order valence-electron chi connectivity index (χ3n) is 3.05. The van der Waals surface area contributed by atoms with Gasteiger partial charge in [-0.3, -0.25) is 4.79 Å². The molecule has 1 amide bonds. The minimum atomic E-state index is -0.313. The molecule has 0 aliphatic heterocycles. The predicted octanol–water partition coefficient (Wildman–Crippen LogP) is 2.50. The first-order chi connectivity index (χ1) is 8.08. The zero-order valence-corrected chi connectivity index (χ0v) is 11.4. The lowest BCUT2D eigenvalue weighted by molar-refractivity contribution is -0.119. The van der Waals surface area contributed by atoms with E-state index in [-0.39, 0.29) is 23.7 Å². The number of amides is 1. The van der Waals surface area contributed by atoms with Crippen LogP contribution in [0.3, 0.4) is 0 Å². The van der Waals surface area contributed by atoms with Crippen molar-refractivity contribution in [3.8, 4) is 0 Å². The molecule has 1 aliphatic carbocycles. The van der Waals surface area contributed by atoms with E-state index in [2.05, 4.69) is 5.32 Å². The lowest BCUT2D eigenvalue weighted by Crippen LogP contribution is -2.23. The van der Waals surface area contributed by atoms with Crippen LogP contribution in [-0.4, -0.2) is 11.9 Å². The van der Waals surface area contributed by atoms with Gasteiger partial charge in [0.2, 0.25) is 5.91 Å². The Bertz CT molecular complexity index is 439. The second kappa shape index (κ2) is 5.30. The molecule has 3 nitrogen and oxygen atoms in total. The molecule has 0 bridgehead atoms. The van der Waals surface area contributed by atoms with Gasteiger partial charge in [0.25, 0.3) is 0 Å². The van der Waals surface area contributed by atoms with Gasteiger partial charge in [-0.25, -0.2) is 4.39 Å². The Hall–Kier alpha value is -0.690. The fourth-order valence-corrected chi connectivity index (χ4v) is 2.58. The van der Waals surface area contributed by atoms with Crippen LogP contribution in [0.25, 0.3) is 0 Å². The van der Waals surface area contributed by atoms with Crippen LogP contribution in [-0.2, 0) is 4.79 Å². The molecular formula is C12H14FIN2O. The van der Waals surface area contributed by atoms with Crippen LogP contribution in [0.2, 0.25) is 0 Å². The molecule has 92 valence electrons. The summed E-state index contributed by atoms with van der Waals surface area (Å²) in [5.74, 6) is -0.406. The van der Waals surface area contributed by atoms with Gasteiger partial charge in [0.05, 0.1) is 9.26 Å². The van der Waals surface area contributed by atoms with Crippen LogP contribution in [0.5, 0.6) is 0 Å². The van der Waals surface area contributed by atoms with Crippen LogP contribution in [0.15, 0.2) is 18.2 Å². The summed E-state index contributed by atoms with van der Waals surface area (Å²) in [5.41, 5.74) is 6.31. The first kappa shape index (κ1) is 12.8. The Kier molecular flexibility index (Phi) is 3.98. The molecule has 2 atom stereocenters. The van der Waals surface area contributed by atoms with E-state index in [4.69, 9.17) is 5.73 Å². The molecule has 0 aromatic heterocycles. The normalized spacial score (nSPS) is 23.7. The minimum Gasteiger partial charge on any atom is -0.328 e. The van der Waals surface area contributed by atoms with E-state index < -0.39 is 0 Å². The number of halogens is 2. The molecule has 0 spiro atoms. The van der Waals surface area contributed by atoms with Crippen LogP contribution in [0, 0.1) is 15.3 Å². The molecular weight excluding hydrogens is 334 g/mol. The Morgan fingerprint density at radius 1 is 1.47 bits per heavy atom. The van der Waals surface area contributed by atoms with Gasteiger partial charge in [0.15, 0.2) is 0 Å². The lowest BCUT2D eigenvalue weighted by atomic mass is 10.1. The summed E-state index contributed by atoms with van der Waals surface area (Å²) < 4.78 is 13.7. The van der Waals surface area contributed by atoms with Crippen molar-refractivity contribution in [2.45, 2.75) is 25.3 Å². The van der Waals surface area contributed by atoms with E-state index >= 15 is 0 Å². The molecule has 5 heteroatoms. The van der Waals surface area contributed by atoms with Crippen molar-refractivity contribution in [2.75, 3.05) is 5.32 Å². The second-order valence-electron chi connectivity index (χ2n) is 4.36. The highest BCUT2D eigenvalue weighted by Crippen LogP contribution is 2.27. The Balaban J connectivity index is 2.06. The number of hydrogen-bond donors (Lipinski definition) is 2. The minimum absolute atomic E-state index is 0.0379. The van der Waals surface area contributed by atoms with E-state index in [1.807, 2.05) is 22.6 Å². The summed E-state index contributed by atoms with van der Waals surface area (Å²) in [4.78, 5) is 11.9. The van der Waals surface area contributed by atoms with Gasteiger partial charge in [-0.05, 0) is 54.0 Å². The topological polar surface area (TPSA) is 55.1 Å². The van der Waals surface area contributed by atoms with Crippen molar-refractivity contribution in [3.63, 3.8) is 0 Å². The number of carbonyl (C=O) groups is 1. The van der Waals surface area contributed by atoms with Gasteiger partial charge in [-0.1, -0.05) is 6.07 Å². The molecule has 1 fully saturated rings. The number of carbonyl (C=O) groups excluding carboxylic acids is 1. The smallest absolute Gasteiger partial charge is 0.227 e. The summed E-state index contributed by atoms with van der Waals surface area (Å²) in [5, 5.41) is 2.77. The molecule has 2 unspecified atom stereocenters. The van der Waals surface area contributed by atoms with Crippen LogP contribution >= 0.6 is 22.6 Å². The summed E-state index contributed by atoms with van der Waals surface area (Å²) in [6.45, 7) is 0. The van der Waals surface area contributed by atoms with Crippen molar-refractivity contribution in [1.29, 1.82) is 0 Å². The highest BCUT2D eigenvalue weighted by molar-refractivity contribution is 14.1. The SMILES string of the molecule is NC1CCC(C(=O)Nc2cccc(F)c2I)C1. The number of nitrogens with two attached hydrogens (primary N) is 1. The third kappa shape index (κ3) is 2.95. The summed E-state index contributed by atoms with van der Waals surface area (Å²) in [6.07, 6.45) is 2.43. The maximum Gasteiger partial charge on any atom is 0.227 e. The van der Waals surface area contributed by atoms with Gasteiger partial charge in [-0.15, -0.1) is 0 Å². The van der Waals surface area contributed by atoms with E-state index in [9.17, 15) is 9.18 Å². The van der Waals surface area contributed by atoms with Gasteiger partial charge < -0.3 is 11.1 Å². The highest BCUT2D eigenvalue weighted by Gasteiger charge is 2.28. The molecule has 1 aromatic rings. The molecule has 0 heterocycles. The number of anilines is 1. The second-order valence-corrected chi connectivity index (χ2v) is 5.44. The van der Waals surface area contributed by atoms with Crippen molar-refractivity contribution in [2.24, 2.45) is 11.7 Å². The fourth-order valence-electron chi connectivity index (χ4n) is 2.09. The molecule has 0 radical (unpaired) electrons.